The lowest BCUT2D eigenvalue weighted by Gasteiger charge is -2.38. The fourth-order valence-corrected chi connectivity index (χ4v) is 9.20. The minimum atomic E-state index is -1.05. The number of carbonyl (C=O) groups is 4. The summed E-state index contributed by atoms with van der Waals surface area (Å²) in [5.41, 5.74) is 5.76. The number of nitrogens with zero attached hydrogens (tertiary/aromatic N) is 2. The maximum atomic E-state index is 15.3. The summed E-state index contributed by atoms with van der Waals surface area (Å²) in [5, 5.41) is 0.618. The summed E-state index contributed by atoms with van der Waals surface area (Å²) >= 11 is 13.0. The highest BCUT2D eigenvalue weighted by molar-refractivity contribution is 6.31. The summed E-state index contributed by atoms with van der Waals surface area (Å²) < 4.78 is 53.3. The Hall–Kier alpha value is -6.60. The Kier molecular flexibility index (Phi) is 15.0. The van der Waals surface area contributed by atoms with Gasteiger partial charge in [0.05, 0.1) is 18.7 Å². The summed E-state index contributed by atoms with van der Waals surface area (Å²) in [7, 11) is 0. The van der Waals surface area contributed by atoms with Crippen molar-refractivity contribution in [3.63, 3.8) is 0 Å². The molecule has 14 heteroatoms. The van der Waals surface area contributed by atoms with Crippen molar-refractivity contribution in [3.8, 4) is 11.5 Å². The van der Waals surface area contributed by atoms with Gasteiger partial charge >= 0.3 is 11.9 Å². The van der Waals surface area contributed by atoms with Crippen LogP contribution in [0.5, 0.6) is 11.5 Å². The van der Waals surface area contributed by atoms with Crippen molar-refractivity contribution in [2.45, 2.75) is 51.3 Å². The zero-order chi connectivity index (χ0) is 47.0. The number of amides is 2. The molecule has 0 aliphatic carbocycles. The molecule has 0 spiro atoms. The number of hydrogen-bond acceptors (Lipinski definition) is 8. The Balaban J connectivity index is 0.961. The number of aryl methyl sites for hydroxylation is 2. The van der Waals surface area contributed by atoms with Crippen LogP contribution in [0.15, 0.2) is 127 Å². The van der Waals surface area contributed by atoms with Gasteiger partial charge in [0.2, 0.25) is 11.8 Å². The number of benzene rings is 6. The fraction of sp³-hybridized carbons (Fsp3) is 0.245. The third kappa shape index (κ3) is 11.0. The van der Waals surface area contributed by atoms with Gasteiger partial charge in [0.15, 0.2) is 13.2 Å². The third-order valence-corrected chi connectivity index (χ3v) is 12.5. The molecule has 0 saturated heterocycles. The topological polar surface area (TPSA) is 112 Å². The normalized spacial score (nSPS) is 15.3. The molecule has 67 heavy (non-hydrogen) atoms. The van der Waals surface area contributed by atoms with Gasteiger partial charge in [-0.25, -0.2) is 18.4 Å². The number of hydrogen-bond donors (Lipinski definition) is 0. The molecule has 0 bridgehead atoms. The molecule has 2 unspecified atom stereocenters. The third-order valence-electron chi connectivity index (χ3n) is 12.0. The van der Waals surface area contributed by atoms with Crippen LogP contribution in [0.2, 0.25) is 10.0 Å². The van der Waals surface area contributed by atoms with Gasteiger partial charge in [-0.05, 0) is 114 Å². The number of fused-ring (bicyclic) bond motifs is 2. The van der Waals surface area contributed by atoms with Crippen LogP contribution in [-0.2, 0) is 54.5 Å². The first-order valence-corrected chi connectivity index (χ1v) is 22.6. The molecule has 0 N–H and O–H groups in total. The van der Waals surface area contributed by atoms with Crippen molar-refractivity contribution >= 4 is 47.0 Å². The van der Waals surface area contributed by atoms with Crippen molar-refractivity contribution in [1.29, 1.82) is 0 Å². The van der Waals surface area contributed by atoms with Gasteiger partial charge in [0.25, 0.3) is 0 Å². The summed E-state index contributed by atoms with van der Waals surface area (Å²) in [6.45, 7) is 0.890. The van der Waals surface area contributed by atoms with Gasteiger partial charge in [-0.2, -0.15) is 0 Å². The Morgan fingerprint density at radius 2 is 1.12 bits per heavy atom. The largest absolute Gasteiger partial charge is 0.482 e. The predicted octanol–water partition coefficient (Wildman–Crippen LogP) is 9.91. The molecular formula is C53H46Cl2F2N2O8. The molecule has 6 aromatic rings. The maximum absolute atomic E-state index is 15.3. The van der Waals surface area contributed by atoms with Crippen LogP contribution < -0.4 is 9.47 Å². The van der Waals surface area contributed by atoms with E-state index in [0.29, 0.717) is 56.3 Å². The zero-order valence-corrected chi connectivity index (χ0v) is 38.0. The van der Waals surface area contributed by atoms with Crippen LogP contribution in [0.1, 0.15) is 68.6 Å². The minimum Gasteiger partial charge on any atom is -0.482 e. The first-order valence-electron chi connectivity index (χ1n) is 21.8. The molecule has 8 rings (SSSR count). The Labute approximate surface area is 396 Å². The Bertz CT molecular complexity index is 2810. The Morgan fingerprint density at radius 1 is 0.597 bits per heavy atom. The summed E-state index contributed by atoms with van der Waals surface area (Å²) in [6, 6.07) is 34.3. The smallest absolute Gasteiger partial charge is 0.351 e. The maximum Gasteiger partial charge on any atom is 0.351 e. The lowest BCUT2D eigenvalue weighted by Crippen LogP contribution is -2.42. The van der Waals surface area contributed by atoms with Gasteiger partial charge in [0, 0.05) is 40.7 Å². The van der Waals surface area contributed by atoms with Gasteiger partial charge in [-0.1, -0.05) is 102 Å². The van der Waals surface area contributed by atoms with E-state index in [1.165, 1.54) is 24.3 Å². The number of esters is 2. The second-order valence-corrected chi connectivity index (χ2v) is 17.2. The van der Waals surface area contributed by atoms with E-state index in [1.807, 2.05) is 61.5 Å². The average Bonchev–Trinajstić information content (AvgIpc) is 3.32. The van der Waals surface area contributed by atoms with E-state index in [-0.39, 0.29) is 62.5 Å². The van der Waals surface area contributed by atoms with Crippen LogP contribution in [0.25, 0.3) is 0 Å². The number of ether oxygens (including phenoxy) is 4. The minimum absolute atomic E-state index is 0.142. The van der Waals surface area contributed by atoms with E-state index in [1.54, 1.807) is 58.3 Å². The van der Waals surface area contributed by atoms with E-state index in [9.17, 15) is 19.2 Å². The molecule has 0 radical (unpaired) electrons. The molecule has 0 aromatic heterocycles. The molecule has 2 heterocycles. The van der Waals surface area contributed by atoms with Crippen LogP contribution >= 0.6 is 23.2 Å². The van der Waals surface area contributed by atoms with Crippen molar-refractivity contribution in [2.24, 2.45) is 0 Å². The highest BCUT2D eigenvalue weighted by Crippen LogP contribution is 2.43. The molecule has 2 atom stereocenters. The molecule has 0 saturated carbocycles. The highest BCUT2D eigenvalue weighted by atomic mass is 35.5. The quantitative estimate of drug-likeness (QED) is 0.0740. The second-order valence-electron chi connectivity index (χ2n) is 16.3. The Morgan fingerprint density at radius 3 is 1.67 bits per heavy atom. The van der Waals surface area contributed by atoms with Gasteiger partial charge in [-0.15, -0.1) is 0 Å². The summed E-state index contributed by atoms with van der Waals surface area (Å²) in [4.78, 5) is 57.5. The second kappa shape index (κ2) is 21.4. The monoisotopic (exact) mass is 946 g/mol. The fourth-order valence-electron chi connectivity index (χ4n) is 8.83. The van der Waals surface area contributed by atoms with Crippen molar-refractivity contribution < 1.29 is 46.9 Å². The highest BCUT2D eigenvalue weighted by Gasteiger charge is 2.37. The van der Waals surface area contributed by atoms with Crippen LogP contribution in [-0.4, -0.2) is 66.5 Å². The molecule has 2 aliphatic heterocycles. The van der Waals surface area contributed by atoms with Crippen molar-refractivity contribution in [1.82, 2.24) is 9.80 Å². The summed E-state index contributed by atoms with van der Waals surface area (Å²) in [6.07, 6.45) is 1.26. The van der Waals surface area contributed by atoms with Gasteiger partial charge in [-0.3, -0.25) is 9.59 Å². The number of rotatable bonds is 15. The zero-order valence-electron chi connectivity index (χ0n) is 36.5. The lowest BCUT2D eigenvalue weighted by atomic mass is 9.87. The number of halogens is 4. The standard InChI is InChI=1S/C53H46Cl2F2N2O8/c1-33-9-5-6-12-35(33)17-22-48(60)58-25-23-38-40(13-7-15-44(38)56)52(58)42-27-36(54)18-20-46(42)65-31-50(62)67-51(63)32-66-47-21-19-37(55)28-43(47)53-41-14-8-16-45(57)39(41)24-26-59(53)49(61)30-64-29-34-10-3-2-4-11-34/h2-16,18-21,27-28,52-53H,17,22-26,29-32H2,1H3. The molecule has 2 aliphatic rings. The van der Waals surface area contributed by atoms with Crippen LogP contribution in [0.3, 0.4) is 0 Å². The van der Waals surface area contributed by atoms with E-state index in [0.717, 1.165) is 16.7 Å². The van der Waals surface area contributed by atoms with Crippen molar-refractivity contribution in [2.75, 3.05) is 32.9 Å². The SMILES string of the molecule is Cc1ccccc1CCC(=O)N1CCc2c(F)cccc2C1c1cc(Cl)ccc1OCC(=O)OC(=O)COc1ccc(Cl)cc1C1c2cccc(F)c2CCN1C(=O)COCc1ccccc1. The van der Waals surface area contributed by atoms with E-state index in [4.69, 9.17) is 42.1 Å². The molecule has 344 valence electrons. The molecule has 10 nitrogen and oxygen atoms in total. The summed E-state index contributed by atoms with van der Waals surface area (Å²) in [5.74, 6) is -3.12. The predicted molar refractivity (Wildman–Crippen MR) is 248 cm³/mol. The molecular weight excluding hydrogens is 901 g/mol. The first-order chi connectivity index (χ1) is 32.4. The van der Waals surface area contributed by atoms with Gasteiger partial charge < -0.3 is 28.7 Å². The van der Waals surface area contributed by atoms with E-state index < -0.39 is 48.9 Å². The lowest BCUT2D eigenvalue weighted by molar-refractivity contribution is -0.162. The average molecular weight is 948 g/mol. The molecule has 2 amide bonds. The number of carbonyl (C=O) groups excluding carboxylic acids is 4. The first kappa shape index (κ1) is 46.9. The van der Waals surface area contributed by atoms with Gasteiger partial charge in [0.1, 0.15) is 29.7 Å². The van der Waals surface area contributed by atoms with E-state index >= 15 is 8.78 Å². The van der Waals surface area contributed by atoms with Crippen LogP contribution in [0.4, 0.5) is 8.78 Å². The van der Waals surface area contributed by atoms with Crippen LogP contribution in [0, 0.1) is 18.6 Å². The molecule has 6 aromatic carbocycles. The van der Waals surface area contributed by atoms with Crippen molar-refractivity contribution in [3.05, 3.63) is 199 Å². The van der Waals surface area contributed by atoms with E-state index in [2.05, 4.69) is 0 Å². The molecule has 0 fully saturated rings.